The second kappa shape index (κ2) is 11.3. The van der Waals surface area contributed by atoms with E-state index < -0.39 is 24.6 Å². The lowest BCUT2D eigenvalue weighted by Gasteiger charge is -2.09. The van der Waals surface area contributed by atoms with Crippen LogP contribution in [-0.4, -0.2) is 65.8 Å². The number of aromatic nitrogens is 6. The third kappa shape index (κ3) is 5.97. The molecular weight excluding hydrogens is 587 g/mol. The summed E-state index contributed by atoms with van der Waals surface area (Å²) in [6.45, 7) is -0.308. The molecule has 2 aromatic carbocycles. The number of rotatable bonds is 8. The smallest absolute Gasteiger partial charge is 0.408 e. The van der Waals surface area contributed by atoms with Crippen molar-refractivity contribution in [1.29, 1.82) is 0 Å². The van der Waals surface area contributed by atoms with Crippen molar-refractivity contribution in [1.82, 2.24) is 34.8 Å². The van der Waals surface area contributed by atoms with Gasteiger partial charge in [0.2, 0.25) is 0 Å². The predicted octanol–water partition coefficient (Wildman–Crippen LogP) is 4.56. The highest BCUT2D eigenvalue weighted by Gasteiger charge is 2.31. The first-order chi connectivity index (χ1) is 20.7. The van der Waals surface area contributed by atoms with Crippen LogP contribution in [0.2, 0.25) is 0 Å². The molecule has 4 heterocycles. The second-order valence-electron chi connectivity index (χ2n) is 9.56. The van der Waals surface area contributed by atoms with E-state index in [0.29, 0.717) is 36.0 Å². The minimum Gasteiger partial charge on any atom is -0.492 e. The molecule has 0 saturated carbocycles. The number of fused-ring (bicyclic) bond motifs is 3. The molecule has 0 fully saturated rings. The van der Waals surface area contributed by atoms with E-state index in [0.717, 1.165) is 32.6 Å². The molecule has 1 aliphatic heterocycles. The molecule has 2 N–H and O–H groups in total. The molecule has 0 saturated heterocycles. The molecule has 5 aromatic rings. The van der Waals surface area contributed by atoms with Gasteiger partial charge in [0, 0.05) is 35.2 Å². The Bertz CT molecular complexity index is 1830. The van der Waals surface area contributed by atoms with Gasteiger partial charge in [-0.15, -0.1) is 11.3 Å². The summed E-state index contributed by atoms with van der Waals surface area (Å²) in [4.78, 5) is 33.4. The van der Waals surface area contributed by atoms with Gasteiger partial charge in [-0.2, -0.15) is 23.4 Å². The summed E-state index contributed by atoms with van der Waals surface area (Å²) in [5.74, 6) is -1.02. The van der Waals surface area contributed by atoms with Crippen molar-refractivity contribution in [2.45, 2.75) is 25.7 Å². The largest absolute Gasteiger partial charge is 0.492 e. The van der Waals surface area contributed by atoms with Gasteiger partial charge in [0.05, 0.1) is 36.2 Å². The van der Waals surface area contributed by atoms with E-state index in [2.05, 4.69) is 25.5 Å². The molecule has 1 aliphatic rings. The lowest BCUT2D eigenvalue weighted by Crippen LogP contribution is -2.28. The first-order valence-electron chi connectivity index (χ1n) is 13.0. The quantitative estimate of drug-likeness (QED) is 0.261. The van der Waals surface area contributed by atoms with Crippen LogP contribution >= 0.6 is 11.3 Å². The zero-order chi connectivity index (χ0) is 30.1. The Kier molecular flexibility index (Phi) is 7.39. The Labute approximate surface area is 245 Å². The third-order valence-electron chi connectivity index (χ3n) is 6.65. The molecular formula is C28H22F3N7O4S. The number of nitrogens with one attached hydrogen (secondary N) is 1. The third-order valence-corrected chi connectivity index (χ3v) is 7.76. The fourth-order valence-corrected chi connectivity index (χ4v) is 5.75. The number of aromatic carboxylic acids is 1. The number of amides is 1. The summed E-state index contributed by atoms with van der Waals surface area (Å²) < 4.78 is 47.5. The van der Waals surface area contributed by atoms with Crippen LogP contribution in [-0.2, 0) is 19.5 Å². The fourth-order valence-electron chi connectivity index (χ4n) is 4.69. The number of benzene rings is 2. The van der Waals surface area contributed by atoms with E-state index in [1.54, 1.807) is 23.0 Å². The number of carbonyl (C=O) groups is 2. The van der Waals surface area contributed by atoms with Crippen molar-refractivity contribution in [3.05, 3.63) is 77.2 Å². The van der Waals surface area contributed by atoms with Crippen LogP contribution in [0.4, 0.5) is 13.2 Å². The topological polar surface area (TPSA) is 137 Å². The highest BCUT2D eigenvalue weighted by molar-refractivity contribution is 7.15. The Morgan fingerprint density at radius 2 is 1.91 bits per heavy atom. The summed E-state index contributed by atoms with van der Waals surface area (Å²) in [6, 6.07) is 11.6. The van der Waals surface area contributed by atoms with Crippen LogP contribution in [0.1, 0.15) is 25.6 Å². The number of alkyl halides is 3. The maximum atomic E-state index is 13.0. The Balaban J connectivity index is 1.17. The standard InChI is InChI=1S/C28H22F3N7O4S/c29-28(30,31)14-38-24(33-15-35-38)26-36-23-20-6-5-16(11-21(20)42-10-7-22(23)43-26)17-12-34-37(13-17)9-8-32-25(39)18-3-1-2-4-19(18)27(40)41/h1-6,11-13,15H,7-10,14H2,(H,32,39)(H,40,41). The van der Waals surface area contributed by atoms with Crippen molar-refractivity contribution >= 4 is 23.2 Å². The van der Waals surface area contributed by atoms with Crippen LogP contribution in [0.3, 0.4) is 0 Å². The van der Waals surface area contributed by atoms with Gasteiger partial charge < -0.3 is 15.2 Å². The molecule has 15 heteroatoms. The Morgan fingerprint density at radius 3 is 2.70 bits per heavy atom. The van der Waals surface area contributed by atoms with E-state index in [1.807, 2.05) is 24.4 Å². The zero-order valence-electron chi connectivity index (χ0n) is 22.2. The highest BCUT2D eigenvalue weighted by Crippen LogP contribution is 2.41. The van der Waals surface area contributed by atoms with Gasteiger partial charge in [0.1, 0.15) is 18.6 Å². The second-order valence-corrected chi connectivity index (χ2v) is 10.6. The number of carbonyl (C=O) groups excluding carboxylic acids is 1. The Morgan fingerprint density at radius 1 is 1.09 bits per heavy atom. The maximum absolute atomic E-state index is 13.0. The van der Waals surface area contributed by atoms with E-state index in [4.69, 9.17) is 4.74 Å². The lowest BCUT2D eigenvalue weighted by molar-refractivity contribution is -0.142. The van der Waals surface area contributed by atoms with Gasteiger partial charge >= 0.3 is 12.1 Å². The van der Waals surface area contributed by atoms with Crippen molar-refractivity contribution in [3.63, 3.8) is 0 Å². The lowest BCUT2D eigenvalue weighted by atomic mass is 10.0. The average molecular weight is 610 g/mol. The summed E-state index contributed by atoms with van der Waals surface area (Å²) in [5.41, 5.74) is 3.00. The van der Waals surface area contributed by atoms with Gasteiger partial charge in [-0.3, -0.25) is 9.48 Å². The molecule has 0 spiro atoms. The van der Waals surface area contributed by atoms with Crippen molar-refractivity contribution < 1.29 is 32.6 Å². The minimum absolute atomic E-state index is 0.0594. The number of carboxylic acid groups (broad SMARTS) is 1. The summed E-state index contributed by atoms with van der Waals surface area (Å²) in [7, 11) is 0. The first kappa shape index (κ1) is 28.1. The SMILES string of the molecule is O=C(O)c1ccccc1C(=O)NCCn1cc(-c2ccc3c(c2)OCCc2sc(-c4ncnn4CC(F)(F)F)nc2-3)cn1. The molecule has 43 heavy (non-hydrogen) atoms. The van der Waals surface area contributed by atoms with Crippen LogP contribution in [0.15, 0.2) is 61.2 Å². The van der Waals surface area contributed by atoms with Crippen molar-refractivity contribution in [3.8, 4) is 39.0 Å². The van der Waals surface area contributed by atoms with Crippen molar-refractivity contribution in [2.75, 3.05) is 13.2 Å². The van der Waals surface area contributed by atoms with Crippen LogP contribution in [0, 0.1) is 0 Å². The molecule has 0 atom stereocenters. The van der Waals surface area contributed by atoms with E-state index in [-0.39, 0.29) is 23.5 Å². The van der Waals surface area contributed by atoms with Crippen molar-refractivity contribution in [2.24, 2.45) is 0 Å². The molecule has 0 unspecified atom stereocenters. The van der Waals surface area contributed by atoms with E-state index >= 15 is 0 Å². The molecule has 6 rings (SSSR count). The molecule has 0 aliphatic carbocycles. The highest BCUT2D eigenvalue weighted by atomic mass is 32.1. The summed E-state index contributed by atoms with van der Waals surface area (Å²) >= 11 is 1.27. The number of hydrogen-bond acceptors (Lipinski definition) is 8. The first-order valence-corrected chi connectivity index (χ1v) is 13.8. The van der Waals surface area contributed by atoms with Gasteiger partial charge in [-0.1, -0.05) is 18.2 Å². The van der Waals surface area contributed by atoms with Gasteiger partial charge in [-0.25, -0.2) is 19.4 Å². The zero-order valence-corrected chi connectivity index (χ0v) is 23.0. The molecule has 220 valence electrons. The number of ether oxygens (including phenoxy) is 1. The van der Waals surface area contributed by atoms with E-state index in [9.17, 15) is 27.9 Å². The molecule has 0 bridgehead atoms. The maximum Gasteiger partial charge on any atom is 0.408 e. The van der Waals surface area contributed by atoms with Crippen LogP contribution in [0.5, 0.6) is 5.75 Å². The summed E-state index contributed by atoms with van der Waals surface area (Å²) in [6.07, 6.45) is 0.674. The van der Waals surface area contributed by atoms with Gasteiger partial charge in [0.15, 0.2) is 10.8 Å². The van der Waals surface area contributed by atoms with E-state index in [1.165, 1.54) is 23.5 Å². The molecule has 11 nitrogen and oxygen atoms in total. The van der Waals surface area contributed by atoms with Gasteiger partial charge in [0.25, 0.3) is 5.91 Å². The average Bonchev–Trinajstić information content (AvgIpc) is 3.70. The fraction of sp³-hybridized carbons (Fsp3) is 0.214. The van der Waals surface area contributed by atoms with Crippen LogP contribution < -0.4 is 10.1 Å². The normalized spacial score (nSPS) is 12.6. The number of thiazole rings is 1. The number of carboxylic acids is 1. The minimum atomic E-state index is -4.44. The molecule has 0 radical (unpaired) electrons. The predicted molar refractivity (Wildman–Crippen MR) is 149 cm³/mol. The number of hydrogen-bond donors (Lipinski definition) is 2. The number of halogens is 3. The monoisotopic (exact) mass is 609 g/mol. The van der Waals surface area contributed by atoms with Crippen LogP contribution in [0.25, 0.3) is 33.2 Å². The summed E-state index contributed by atoms with van der Waals surface area (Å²) in [5, 5.41) is 20.5. The van der Waals surface area contributed by atoms with Gasteiger partial charge in [-0.05, 0) is 29.8 Å². The number of nitrogens with zero attached hydrogens (tertiary/aromatic N) is 6. The molecule has 3 aromatic heterocycles. The Hall–Kier alpha value is -5.05. The molecule has 1 amide bonds.